The molecule has 2 N–H and O–H groups in total. The molecule has 4 heterocycles. The van der Waals surface area contributed by atoms with Gasteiger partial charge in [-0.05, 0) is 32.8 Å². The fourth-order valence-corrected chi connectivity index (χ4v) is 6.72. The number of methoxy groups -OCH3 is 1. The molecule has 0 spiro atoms. The van der Waals surface area contributed by atoms with Crippen molar-refractivity contribution in [2.24, 2.45) is 0 Å². The minimum Gasteiger partial charge on any atom is -0.454 e. The Labute approximate surface area is 229 Å². The summed E-state index contributed by atoms with van der Waals surface area (Å²) in [7, 11) is 1.65. The third kappa shape index (κ3) is 5.88. The zero-order chi connectivity index (χ0) is 26.9. The largest absolute Gasteiger partial charge is 0.454 e. The van der Waals surface area contributed by atoms with Crippen LogP contribution >= 0.6 is 22.7 Å². The highest BCUT2D eigenvalue weighted by atomic mass is 32.1. The van der Waals surface area contributed by atoms with Crippen LogP contribution in [-0.4, -0.2) is 67.6 Å². The fourth-order valence-electron chi connectivity index (χ4n) is 4.32. The van der Waals surface area contributed by atoms with Gasteiger partial charge >= 0.3 is 6.09 Å². The van der Waals surface area contributed by atoms with Crippen LogP contribution in [0.25, 0.3) is 20.8 Å². The number of ether oxygens (including phenoxy) is 4. The molecule has 0 saturated carbocycles. The summed E-state index contributed by atoms with van der Waals surface area (Å²) in [6, 6.07) is 3.84. The molecule has 2 aromatic heterocycles. The van der Waals surface area contributed by atoms with Crippen LogP contribution < -0.4 is 20.1 Å². The molecule has 0 aliphatic carbocycles. The number of anilines is 1. The normalized spacial score (nSPS) is 14.6. The molecule has 0 saturated heterocycles. The second-order valence-corrected chi connectivity index (χ2v) is 12.2. The second-order valence-electron chi connectivity index (χ2n) is 10.1. The summed E-state index contributed by atoms with van der Waals surface area (Å²) >= 11 is 3.05. The molecule has 2 aliphatic rings. The molecular formula is C26H32N4O6S2. The molecule has 2 aliphatic heterocycles. The first kappa shape index (κ1) is 26.7. The molecule has 12 heteroatoms. The number of thiophene rings is 1. The number of amides is 2. The summed E-state index contributed by atoms with van der Waals surface area (Å²) in [5, 5.41) is 7.89. The van der Waals surface area contributed by atoms with Crippen molar-refractivity contribution in [1.82, 2.24) is 15.2 Å². The molecule has 38 heavy (non-hydrogen) atoms. The van der Waals surface area contributed by atoms with E-state index in [4.69, 9.17) is 23.9 Å². The van der Waals surface area contributed by atoms with Gasteiger partial charge in [-0.2, -0.15) is 0 Å². The van der Waals surface area contributed by atoms with E-state index in [9.17, 15) is 9.59 Å². The topological polar surface area (TPSA) is 111 Å². The number of nitrogens with zero attached hydrogens (tertiary/aromatic N) is 2. The van der Waals surface area contributed by atoms with E-state index in [0.717, 1.165) is 36.2 Å². The summed E-state index contributed by atoms with van der Waals surface area (Å²) in [6.07, 6.45) is 0.644. The van der Waals surface area contributed by atoms with Crippen molar-refractivity contribution in [3.63, 3.8) is 0 Å². The van der Waals surface area contributed by atoms with Crippen LogP contribution in [0.15, 0.2) is 12.1 Å². The van der Waals surface area contributed by atoms with Gasteiger partial charge in [0.05, 0.1) is 23.4 Å². The summed E-state index contributed by atoms with van der Waals surface area (Å²) in [5.41, 5.74) is 2.29. The maximum atomic E-state index is 12.9. The Kier molecular flexibility index (Phi) is 7.75. The number of fused-ring (bicyclic) bond motifs is 3. The van der Waals surface area contributed by atoms with Crippen molar-refractivity contribution in [1.29, 1.82) is 0 Å². The summed E-state index contributed by atoms with van der Waals surface area (Å²) in [6.45, 7) is 8.58. The van der Waals surface area contributed by atoms with Crippen molar-refractivity contribution < 1.29 is 28.5 Å². The molecule has 0 fully saturated rings. The molecule has 2 amide bonds. The van der Waals surface area contributed by atoms with E-state index in [2.05, 4.69) is 10.6 Å². The summed E-state index contributed by atoms with van der Waals surface area (Å²) in [4.78, 5) is 33.3. The van der Waals surface area contributed by atoms with Crippen LogP contribution in [-0.2, 0) is 27.2 Å². The number of hydrogen-bond donors (Lipinski definition) is 2. The van der Waals surface area contributed by atoms with Gasteiger partial charge in [-0.25, -0.2) is 9.78 Å². The zero-order valence-electron chi connectivity index (χ0n) is 22.0. The highest BCUT2D eigenvalue weighted by molar-refractivity contribution is 7.23. The average Bonchev–Trinajstić information content (AvgIpc) is 3.56. The van der Waals surface area contributed by atoms with Crippen molar-refractivity contribution in [2.45, 2.75) is 45.8 Å². The van der Waals surface area contributed by atoms with E-state index in [-0.39, 0.29) is 18.8 Å². The number of hydrogen-bond acceptors (Lipinski definition) is 10. The van der Waals surface area contributed by atoms with Crippen molar-refractivity contribution in [3.8, 4) is 22.1 Å². The third-order valence-corrected chi connectivity index (χ3v) is 8.24. The molecule has 5 rings (SSSR count). The molecule has 3 aromatic rings. The Morgan fingerprint density at radius 2 is 1.95 bits per heavy atom. The monoisotopic (exact) mass is 560 g/mol. The van der Waals surface area contributed by atoms with Gasteiger partial charge in [0.15, 0.2) is 11.5 Å². The van der Waals surface area contributed by atoms with Crippen LogP contribution in [0.2, 0.25) is 0 Å². The van der Waals surface area contributed by atoms with Crippen LogP contribution in [0.5, 0.6) is 11.5 Å². The van der Waals surface area contributed by atoms with Gasteiger partial charge in [-0.3, -0.25) is 4.79 Å². The predicted octanol–water partition coefficient (Wildman–Crippen LogP) is 4.61. The first-order valence-corrected chi connectivity index (χ1v) is 14.2. The number of thiazole rings is 1. The first-order valence-electron chi connectivity index (χ1n) is 12.5. The van der Waals surface area contributed by atoms with E-state index in [0.29, 0.717) is 57.1 Å². The second kappa shape index (κ2) is 11.0. The average molecular weight is 561 g/mol. The van der Waals surface area contributed by atoms with Gasteiger partial charge in [0.25, 0.3) is 0 Å². The Hall–Kier alpha value is -2.93. The lowest BCUT2D eigenvalue weighted by Gasteiger charge is -2.30. The SMILES string of the molecule is COCCNCCC(=O)Nc1sc2c(c1-c1nc3cc4c(cc3s1)OCO4)CCN(C(=O)OC(C)(C)C)C2. The predicted molar refractivity (Wildman–Crippen MR) is 147 cm³/mol. The highest BCUT2D eigenvalue weighted by Crippen LogP contribution is 2.47. The summed E-state index contributed by atoms with van der Waals surface area (Å²) in [5.74, 6) is 1.31. The van der Waals surface area contributed by atoms with Crippen molar-refractivity contribution >= 4 is 49.9 Å². The standard InChI is InChI=1S/C26H32N4O6S2/c1-26(2,3)36-25(32)30-9-6-15-20(13-30)38-24(29-21(31)5-7-27-8-10-33-4)22(15)23-28-16-11-17-18(35-14-34-17)12-19(16)37-23/h11-12,27H,5-10,13-14H2,1-4H3,(H,29,31). The molecule has 0 radical (unpaired) electrons. The maximum absolute atomic E-state index is 12.9. The third-order valence-electron chi connectivity index (χ3n) is 6.07. The zero-order valence-corrected chi connectivity index (χ0v) is 23.6. The lowest BCUT2D eigenvalue weighted by Crippen LogP contribution is -2.39. The number of carbonyl (C=O) groups excluding carboxylic acids is 2. The molecule has 10 nitrogen and oxygen atoms in total. The number of carbonyl (C=O) groups is 2. The molecular weight excluding hydrogens is 528 g/mol. The van der Waals surface area contributed by atoms with Gasteiger partial charge in [0.2, 0.25) is 12.7 Å². The van der Waals surface area contributed by atoms with Crippen LogP contribution in [0, 0.1) is 0 Å². The van der Waals surface area contributed by atoms with Gasteiger partial charge < -0.3 is 34.5 Å². The van der Waals surface area contributed by atoms with E-state index < -0.39 is 5.60 Å². The highest BCUT2D eigenvalue weighted by Gasteiger charge is 2.31. The maximum Gasteiger partial charge on any atom is 0.410 e. The number of aromatic nitrogens is 1. The molecule has 0 atom stereocenters. The molecule has 0 bridgehead atoms. The van der Waals surface area contributed by atoms with Crippen LogP contribution in [0.4, 0.5) is 9.80 Å². The van der Waals surface area contributed by atoms with Crippen molar-refractivity contribution in [2.75, 3.05) is 45.5 Å². The lowest BCUT2D eigenvalue weighted by atomic mass is 10.0. The number of benzene rings is 1. The van der Waals surface area contributed by atoms with E-state index >= 15 is 0 Å². The Morgan fingerprint density at radius 3 is 2.71 bits per heavy atom. The molecule has 1 aromatic carbocycles. The van der Waals surface area contributed by atoms with E-state index in [1.165, 1.54) is 11.3 Å². The van der Waals surface area contributed by atoms with Gasteiger partial charge in [-0.1, -0.05) is 0 Å². The van der Waals surface area contributed by atoms with Gasteiger partial charge in [0, 0.05) is 55.7 Å². The lowest BCUT2D eigenvalue weighted by molar-refractivity contribution is -0.116. The minimum absolute atomic E-state index is 0.0827. The van der Waals surface area contributed by atoms with Gasteiger partial charge in [0.1, 0.15) is 15.6 Å². The van der Waals surface area contributed by atoms with Crippen molar-refractivity contribution in [3.05, 3.63) is 22.6 Å². The smallest absolute Gasteiger partial charge is 0.410 e. The Balaban J connectivity index is 1.43. The molecule has 0 unspecified atom stereocenters. The van der Waals surface area contributed by atoms with E-state index in [1.807, 2.05) is 32.9 Å². The number of nitrogens with one attached hydrogen (secondary N) is 2. The molecule has 204 valence electrons. The van der Waals surface area contributed by atoms with Crippen LogP contribution in [0.1, 0.15) is 37.6 Å². The summed E-state index contributed by atoms with van der Waals surface area (Å²) < 4.78 is 22.7. The Bertz CT molecular complexity index is 1300. The van der Waals surface area contributed by atoms with Crippen LogP contribution in [0.3, 0.4) is 0 Å². The van der Waals surface area contributed by atoms with Gasteiger partial charge in [-0.15, -0.1) is 22.7 Å². The number of rotatable bonds is 8. The minimum atomic E-state index is -0.566. The van der Waals surface area contributed by atoms with E-state index in [1.54, 1.807) is 23.3 Å². The quantitative estimate of drug-likeness (QED) is 0.384. The fraction of sp³-hybridized carbons (Fsp3) is 0.500. The Morgan fingerprint density at radius 1 is 1.16 bits per heavy atom. The first-order chi connectivity index (χ1) is 18.2.